The van der Waals surface area contributed by atoms with E-state index in [1.165, 1.54) is 17.7 Å². The quantitative estimate of drug-likeness (QED) is 0.596. The molecule has 0 aliphatic carbocycles. The zero-order valence-electron chi connectivity index (χ0n) is 13.6. The maximum Gasteiger partial charge on any atom is 0.324 e. The molecule has 1 aliphatic rings. The monoisotopic (exact) mass is 319 g/mol. The van der Waals surface area contributed by atoms with Gasteiger partial charge in [-0.15, -0.1) is 0 Å². The molecule has 1 aliphatic heterocycles. The van der Waals surface area contributed by atoms with Gasteiger partial charge in [-0.2, -0.15) is 0 Å². The first kappa shape index (κ1) is 18.7. The number of rotatable bonds is 7. The smallest absolute Gasteiger partial charge is 0.324 e. The number of primary amides is 1. The summed E-state index contributed by atoms with van der Waals surface area (Å²) in [7, 11) is 0. The Kier molecular flexibility index (Phi) is 8.42. The second-order valence-corrected chi connectivity index (χ2v) is 5.40. The molecule has 126 valence electrons. The van der Waals surface area contributed by atoms with E-state index < -0.39 is 0 Å². The minimum atomic E-state index is -0.307. The average molecular weight is 319 g/mol. The molecule has 0 spiro atoms. The lowest BCUT2D eigenvalue weighted by Gasteiger charge is -2.11. The number of hydrogen-bond donors (Lipinski definition) is 2. The third kappa shape index (κ3) is 7.44. The van der Waals surface area contributed by atoms with E-state index in [-0.39, 0.29) is 24.4 Å². The maximum atomic E-state index is 11.2. The average Bonchev–Trinajstić information content (AvgIpc) is 2.85. The van der Waals surface area contributed by atoms with Crippen LogP contribution in [0.4, 0.5) is 4.79 Å². The Morgan fingerprint density at radius 3 is 2.39 bits per heavy atom. The summed E-state index contributed by atoms with van der Waals surface area (Å²) in [5.74, 6) is -0.343. The van der Waals surface area contributed by atoms with Crippen molar-refractivity contribution in [1.82, 2.24) is 10.2 Å². The van der Waals surface area contributed by atoms with Crippen LogP contribution in [0.3, 0.4) is 0 Å². The lowest BCUT2D eigenvalue weighted by Crippen LogP contribution is -2.30. The van der Waals surface area contributed by atoms with Crippen molar-refractivity contribution in [3.63, 3.8) is 0 Å². The van der Waals surface area contributed by atoms with Crippen LogP contribution in [0.15, 0.2) is 30.3 Å². The van der Waals surface area contributed by atoms with Gasteiger partial charge in [-0.25, -0.2) is 4.79 Å². The Bertz CT molecular complexity index is 501. The number of nitrogens with zero attached hydrogens (tertiary/aromatic N) is 1. The normalized spacial score (nSPS) is 13.3. The van der Waals surface area contributed by atoms with E-state index in [0.717, 1.165) is 18.4 Å². The van der Waals surface area contributed by atoms with Gasteiger partial charge < -0.3 is 11.1 Å². The van der Waals surface area contributed by atoms with Gasteiger partial charge in [0.25, 0.3) is 0 Å². The summed E-state index contributed by atoms with van der Waals surface area (Å²) >= 11 is 0. The molecule has 0 bridgehead atoms. The van der Waals surface area contributed by atoms with Crippen LogP contribution in [0.1, 0.15) is 44.6 Å². The van der Waals surface area contributed by atoms with Gasteiger partial charge in [0.15, 0.2) is 0 Å². The summed E-state index contributed by atoms with van der Waals surface area (Å²) in [5.41, 5.74) is 5.89. The van der Waals surface area contributed by atoms with Crippen LogP contribution in [0.2, 0.25) is 0 Å². The SMILES string of the molecule is CCCCCCC(N)=O.O=C1CNC(=O)N1Cc1ccccc1. The van der Waals surface area contributed by atoms with Crippen molar-refractivity contribution in [2.45, 2.75) is 45.6 Å². The number of unbranched alkanes of at least 4 members (excludes halogenated alkanes) is 3. The van der Waals surface area contributed by atoms with E-state index >= 15 is 0 Å². The van der Waals surface area contributed by atoms with E-state index in [1.54, 1.807) is 0 Å². The summed E-state index contributed by atoms with van der Waals surface area (Å²) in [5, 5.41) is 2.48. The van der Waals surface area contributed by atoms with Crippen molar-refractivity contribution in [3.05, 3.63) is 35.9 Å². The minimum absolute atomic E-state index is 0.117. The van der Waals surface area contributed by atoms with Crippen LogP contribution in [0, 0.1) is 0 Å². The first-order valence-corrected chi connectivity index (χ1v) is 7.95. The second kappa shape index (κ2) is 10.4. The second-order valence-electron chi connectivity index (χ2n) is 5.40. The lowest BCUT2D eigenvalue weighted by atomic mass is 10.1. The molecule has 6 heteroatoms. The fourth-order valence-electron chi connectivity index (χ4n) is 2.11. The van der Waals surface area contributed by atoms with E-state index in [4.69, 9.17) is 5.73 Å². The van der Waals surface area contributed by atoms with E-state index in [0.29, 0.717) is 13.0 Å². The Hall–Kier alpha value is -2.37. The molecule has 0 atom stereocenters. The third-order valence-electron chi connectivity index (χ3n) is 3.40. The molecule has 1 heterocycles. The molecule has 0 aromatic heterocycles. The number of nitrogens with one attached hydrogen (secondary N) is 1. The maximum absolute atomic E-state index is 11.2. The standard InChI is InChI=1S/C10H10N2O2.C7H15NO/c13-9-6-11-10(14)12(9)7-8-4-2-1-3-5-8;1-2-3-4-5-6-7(8)9/h1-5H,6-7H2,(H,11,14);2-6H2,1H3,(H2,8,9). The molecule has 0 saturated carbocycles. The Morgan fingerprint density at radius 1 is 1.17 bits per heavy atom. The van der Waals surface area contributed by atoms with Crippen LogP contribution in [-0.2, 0) is 16.1 Å². The Labute approximate surface area is 137 Å². The first-order valence-electron chi connectivity index (χ1n) is 7.95. The summed E-state index contributed by atoms with van der Waals surface area (Å²) in [6.07, 6.45) is 5.08. The van der Waals surface area contributed by atoms with Gasteiger partial charge in [0, 0.05) is 6.42 Å². The van der Waals surface area contributed by atoms with Gasteiger partial charge in [0.05, 0.1) is 13.1 Å². The molecule has 1 aromatic rings. The molecule has 0 unspecified atom stereocenters. The van der Waals surface area contributed by atoms with Gasteiger partial charge in [-0.1, -0.05) is 56.5 Å². The summed E-state index contributed by atoms with van der Waals surface area (Å²) in [4.78, 5) is 33.8. The van der Waals surface area contributed by atoms with Crippen LogP contribution < -0.4 is 11.1 Å². The molecule has 1 fully saturated rings. The van der Waals surface area contributed by atoms with E-state index in [9.17, 15) is 14.4 Å². The Balaban J connectivity index is 0.000000257. The lowest BCUT2D eigenvalue weighted by molar-refractivity contribution is -0.125. The van der Waals surface area contributed by atoms with Crippen molar-refractivity contribution in [2.24, 2.45) is 5.73 Å². The molecule has 6 nitrogen and oxygen atoms in total. The predicted molar refractivity (Wildman–Crippen MR) is 88.3 cm³/mol. The van der Waals surface area contributed by atoms with Crippen molar-refractivity contribution in [3.8, 4) is 0 Å². The number of urea groups is 1. The summed E-state index contributed by atoms with van der Waals surface area (Å²) in [6.45, 7) is 2.61. The van der Waals surface area contributed by atoms with Crippen molar-refractivity contribution in [2.75, 3.05) is 6.54 Å². The number of hydrogen-bond acceptors (Lipinski definition) is 3. The predicted octanol–water partition coefficient (Wildman–Crippen LogP) is 2.18. The van der Waals surface area contributed by atoms with Crippen LogP contribution in [0.5, 0.6) is 0 Å². The highest BCUT2D eigenvalue weighted by Gasteiger charge is 2.27. The van der Waals surface area contributed by atoms with Gasteiger partial charge in [-0.05, 0) is 12.0 Å². The van der Waals surface area contributed by atoms with E-state index in [2.05, 4.69) is 12.2 Å². The fourth-order valence-corrected chi connectivity index (χ4v) is 2.11. The molecule has 3 N–H and O–H groups in total. The number of nitrogens with two attached hydrogens (primary N) is 1. The highest BCUT2D eigenvalue weighted by Crippen LogP contribution is 2.07. The molecule has 4 amide bonds. The number of amides is 4. The van der Waals surface area contributed by atoms with Crippen molar-refractivity contribution < 1.29 is 14.4 Å². The number of carbonyl (C=O) groups is 3. The van der Waals surface area contributed by atoms with Crippen LogP contribution in [0.25, 0.3) is 0 Å². The molecule has 2 rings (SSSR count). The Morgan fingerprint density at radius 2 is 1.87 bits per heavy atom. The van der Waals surface area contributed by atoms with E-state index in [1.807, 2.05) is 30.3 Å². The molecule has 0 radical (unpaired) electrons. The number of carbonyl (C=O) groups excluding carboxylic acids is 3. The van der Waals surface area contributed by atoms with Gasteiger partial charge in [-0.3, -0.25) is 14.5 Å². The largest absolute Gasteiger partial charge is 0.370 e. The zero-order valence-corrected chi connectivity index (χ0v) is 13.6. The van der Waals surface area contributed by atoms with Crippen molar-refractivity contribution in [1.29, 1.82) is 0 Å². The van der Waals surface area contributed by atoms with Crippen LogP contribution in [-0.4, -0.2) is 29.3 Å². The highest BCUT2D eigenvalue weighted by atomic mass is 16.2. The molecule has 1 aromatic carbocycles. The molecular formula is C17H25N3O3. The number of benzene rings is 1. The zero-order chi connectivity index (χ0) is 17.1. The molecule has 23 heavy (non-hydrogen) atoms. The van der Waals surface area contributed by atoms with Gasteiger partial charge in [0.1, 0.15) is 0 Å². The van der Waals surface area contributed by atoms with Crippen molar-refractivity contribution >= 4 is 17.8 Å². The van der Waals surface area contributed by atoms with Gasteiger partial charge >= 0.3 is 6.03 Å². The third-order valence-corrected chi connectivity index (χ3v) is 3.40. The molecular weight excluding hydrogens is 294 g/mol. The minimum Gasteiger partial charge on any atom is -0.370 e. The summed E-state index contributed by atoms with van der Waals surface area (Å²) < 4.78 is 0. The van der Waals surface area contributed by atoms with Gasteiger partial charge in [0.2, 0.25) is 11.8 Å². The van der Waals surface area contributed by atoms with Crippen LogP contribution >= 0.6 is 0 Å². The number of imide groups is 1. The first-order chi connectivity index (χ1) is 11.0. The highest BCUT2D eigenvalue weighted by molar-refractivity contribution is 6.01. The molecule has 1 saturated heterocycles. The summed E-state index contributed by atoms with van der Waals surface area (Å²) in [6, 6.07) is 9.13. The fraction of sp³-hybridized carbons (Fsp3) is 0.471. The topological polar surface area (TPSA) is 92.5 Å².